The third kappa shape index (κ3) is 4.94. The summed E-state index contributed by atoms with van der Waals surface area (Å²) < 4.78 is 13.1. The number of methoxy groups -OCH3 is 1. The van der Waals surface area contributed by atoms with E-state index in [0.29, 0.717) is 13.1 Å². The fourth-order valence-corrected chi connectivity index (χ4v) is 4.15. The van der Waals surface area contributed by atoms with Crippen LogP contribution >= 0.6 is 0 Å². The fraction of sp³-hybridized carbons (Fsp3) is 0.545. The number of tetrazole rings is 1. The molecule has 2 aromatic heterocycles. The summed E-state index contributed by atoms with van der Waals surface area (Å²) in [5.41, 5.74) is 1.23. The van der Waals surface area contributed by atoms with Crippen LogP contribution in [0.3, 0.4) is 0 Å². The van der Waals surface area contributed by atoms with E-state index < -0.39 is 0 Å². The quantitative estimate of drug-likeness (QED) is 0.585. The van der Waals surface area contributed by atoms with Crippen molar-refractivity contribution in [2.75, 3.05) is 20.3 Å². The molecule has 1 aromatic carbocycles. The van der Waals surface area contributed by atoms with Crippen LogP contribution in [0.25, 0.3) is 10.9 Å². The average molecular weight is 428 g/mol. The van der Waals surface area contributed by atoms with Gasteiger partial charge in [-0.3, -0.25) is 4.79 Å². The van der Waals surface area contributed by atoms with Gasteiger partial charge in [0.1, 0.15) is 31.5 Å². The maximum Gasteiger partial charge on any atom is 0.257 e. The van der Waals surface area contributed by atoms with Gasteiger partial charge in [0.25, 0.3) is 5.56 Å². The van der Waals surface area contributed by atoms with Crippen LogP contribution < -0.4 is 15.2 Å². The number of quaternary nitrogens is 1. The molecule has 9 nitrogen and oxygen atoms in total. The first-order valence-electron chi connectivity index (χ1n) is 10.8. The van der Waals surface area contributed by atoms with E-state index >= 15 is 0 Å². The molecule has 0 saturated carbocycles. The monoisotopic (exact) mass is 427 g/mol. The summed E-state index contributed by atoms with van der Waals surface area (Å²) >= 11 is 0. The molecule has 1 aliphatic rings. The highest BCUT2D eigenvalue weighted by Crippen LogP contribution is 2.19. The molecule has 1 unspecified atom stereocenters. The molecule has 0 amide bonds. The maximum absolute atomic E-state index is 12.8. The van der Waals surface area contributed by atoms with Crippen molar-refractivity contribution < 1.29 is 14.4 Å². The number of ether oxygens (including phenoxy) is 2. The Bertz CT molecular complexity index is 1090. The first-order chi connectivity index (χ1) is 14.8. The molecular formula is C22H31N6O3+. The molecule has 166 valence electrons. The Morgan fingerprint density at radius 1 is 1.29 bits per heavy atom. The van der Waals surface area contributed by atoms with E-state index in [1.165, 1.54) is 4.90 Å². The predicted molar refractivity (Wildman–Crippen MR) is 116 cm³/mol. The van der Waals surface area contributed by atoms with Gasteiger partial charge in [-0.1, -0.05) is 0 Å². The molecule has 0 bridgehead atoms. The average Bonchev–Trinajstić information content (AvgIpc) is 3.40. The summed E-state index contributed by atoms with van der Waals surface area (Å²) in [6, 6.07) is 7.61. The van der Waals surface area contributed by atoms with E-state index in [2.05, 4.69) is 41.3 Å². The zero-order chi connectivity index (χ0) is 22.0. The number of nitrogens with one attached hydrogen (secondary N) is 2. The molecule has 2 N–H and O–H groups in total. The zero-order valence-corrected chi connectivity index (χ0v) is 18.6. The highest BCUT2D eigenvalue weighted by Gasteiger charge is 2.27. The van der Waals surface area contributed by atoms with Gasteiger partial charge < -0.3 is 19.4 Å². The molecule has 0 aliphatic carbocycles. The topological polar surface area (TPSA) is 99.4 Å². The van der Waals surface area contributed by atoms with Crippen LogP contribution in [0.4, 0.5) is 0 Å². The Morgan fingerprint density at radius 3 is 2.84 bits per heavy atom. The molecule has 1 saturated heterocycles. The standard InChI is InChI=1S/C22H30N6O3/c1-22(2,3)28-20(24-25-26-28)14-27(13-18-6-5-9-31-18)12-16-10-15-11-17(30-4)7-8-19(15)23-21(16)29/h7-8,10-11,18H,5-6,9,12-14H2,1-4H3,(H,23,29)/p+1/t18-/m0/s1. The van der Waals surface area contributed by atoms with Crippen LogP contribution in [0.1, 0.15) is 45.0 Å². The summed E-state index contributed by atoms with van der Waals surface area (Å²) in [6.45, 7) is 9.00. The Balaban J connectivity index is 1.63. The Morgan fingerprint density at radius 2 is 2.13 bits per heavy atom. The van der Waals surface area contributed by atoms with Gasteiger partial charge in [-0.2, -0.15) is 0 Å². The lowest BCUT2D eigenvalue weighted by molar-refractivity contribution is -0.931. The lowest BCUT2D eigenvalue weighted by atomic mass is 10.1. The Hall–Kier alpha value is -2.78. The minimum Gasteiger partial charge on any atom is -0.497 e. The number of fused-ring (bicyclic) bond motifs is 1. The largest absolute Gasteiger partial charge is 0.497 e. The number of hydrogen-bond acceptors (Lipinski definition) is 6. The minimum atomic E-state index is -0.217. The first kappa shape index (κ1) is 21.5. The summed E-state index contributed by atoms with van der Waals surface area (Å²) in [5.74, 6) is 1.57. The lowest BCUT2D eigenvalue weighted by Crippen LogP contribution is -3.10. The van der Waals surface area contributed by atoms with Crippen LogP contribution in [0, 0.1) is 0 Å². The van der Waals surface area contributed by atoms with Crippen LogP contribution in [0.2, 0.25) is 0 Å². The Labute approximate surface area is 181 Å². The molecule has 0 spiro atoms. The van der Waals surface area contributed by atoms with Crippen molar-refractivity contribution in [3.8, 4) is 5.75 Å². The predicted octanol–water partition coefficient (Wildman–Crippen LogP) is 1.04. The van der Waals surface area contributed by atoms with Crippen LogP contribution in [0.15, 0.2) is 29.1 Å². The number of pyridine rings is 1. The molecule has 3 heterocycles. The van der Waals surface area contributed by atoms with E-state index in [9.17, 15) is 4.79 Å². The second kappa shape index (κ2) is 8.76. The molecule has 9 heteroatoms. The smallest absolute Gasteiger partial charge is 0.257 e. The Kier molecular flexibility index (Phi) is 6.06. The number of benzene rings is 1. The molecule has 2 atom stereocenters. The van der Waals surface area contributed by atoms with Gasteiger partial charge in [-0.25, -0.2) is 4.68 Å². The van der Waals surface area contributed by atoms with Crippen LogP contribution in [-0.2, 0) is 23.4 Å². The van der Waals surface area contributed by atoms with Gasteiger partial charge >= 0.3 is 0 Å². The first-order valence-corrected chi connectivity index (χ1v) is 10.8. The van der Waals surface area contributed by atoms with Crippen LogP contribution in [0.5, 0.6) is 5.75 Å². The summed E-state index contributed by atoms with van der Waals surface area (Å²) in [6.07, 6.45) is 2.31. The van der Waals surface area contributed by atoms with Crippen molar-refractivity contribution >= 4 is 10.9 Å². The van der Waals surface area contributed by atoms with E-state index in [4.69, 9.17) is 9.47 Å². The van der Waals surface area contributed by atoms with Crippen LogP contribution in [-0.4, -0.2) is 51.6 Å². The molecule has 0 radical (unpaired) electrons. The highest BCUT2D eigenvalue weighted by atomic mass is 16.5. The van der Waals surface area contributed by atoms with E-state index in [0.717, 1.165) is 54.0 Å². The van der Waals surface area contributed by atoms with E-state index in [1.807, 2.05) is 28.9 Å². The zero-order valence-electron chi connectivity index (χ0n) is 18.6. The second-order valence-corrected chi connectivity index (χ2v) is 9.20. The second-order valence-electron chi connectivity index (χ2n) is 9.20. The van der Waals surface area contributed by atoms with Gasteiger partial charge in [0.05, 0.1) is 18.2 Å². The number of nitrogens with zero attached hydrogens (tertiary/aromatic N) is 4. The van der Waals surface area contributed by atoms with Gasteiger partial charge in [0.15, 0.2) is 0 Å². The number of rotatable bonds is 7. The van der Waals surface area contributed by atoms with Gasteiger partial charge in [0, 0.05) is 17.5 Å². The molecule has 31 heavy (non-hydrogen) atoms. The third-order valence-corrected chi connectivity index (χ3v) is 5.69. The summed E-state index contributed by atoms with van der Waals surface area (Å²) in [5, 5.41) is 13.3. The number of H-pyrrole nitrogens is 1. The van der Waals surface area contributed by atoms with Crippen molar-refractivity contribution in [3.05, 3.63) is 46.0 Å². The highest BCUT2D eigenvalue weighted by molar-refractivity contribution is 5.80. The van der Waals surface area contributed by atoms with E-state index in [1.54, 1.807) is 7.11 Å². The molecule has 4 rings (SSSR count). The number of hydrogen-bond donors (Lipinski definition) is 2. The summed E-state index contributed by atoms with van der Waals surface area (Å²) in [4.78, 5) is 17.0. The van der Waals surface area contributed by atoms with Crippen molar-refractivity contribution in [2.45, 2.75) is 58.3 Å². The molecule has 3 aromatic rings. The fourth-order valence-electron chi connectivity index (χ4n) is 4.15. The summed E-state index contributed by atoms with van der Waals surface area (Å²) in [7, 11) is 1.64. The number of aromatic nitrogens is 5. The van der Waals surface area contributed by atoms with Gasteiger partial charge in [-0.05, 0) is 68.3 Å². The van der Waals surface area contributed by atoms with Crippen molar-refractivity contribution in [3.63, 3.8) is 0 Å². The van der Waals surface area contributed by atoms with Crippen molar-refractivity contribution in [1.29, 1.82) is 0 Å². The molecule has 1 aliphatic heterocycles. The van der Waals surface area contributed by atoms with Gasteiger partial charge in [0.2, 0.25) is 5.82 Å². The molecule has 1 fully saturated rings. The van der Waals surface area contributed by atoms with Crippen molar-refractivity contribution in [2.24, 2.45) is 0 Å². The molecular weight excluding hydrogens is 396 g/mol. The SMILES string of the molecule is COc1ccc2[nH]c(=O)c(C[NH+](Cc3nnnn3C(C)(C)C)C[C@@H]3CCCO3)cc2c1. The third-order valence-electron chi connectivity index (χ3n) is 5.69. The lowest BCUT2D eigenvalue weighted by Gasteiger charge is -2.24. The minimum absolute atomic E-state index is 0.0714. The normalized spacial score (nSPS) is 17.9. The van der Waals surface area contributed by atoms with Crippen molar-refractivity contribution in [1.82, 2.24) is 25.2 Å². The maximum atomic E-state index is 12.8. The van der Waals surface area contributed by atoms with E-state index in [-0.39, 0.29) is 17.2 Å². The van der Waals surface area contributed by atoms with Gasteiger partial charge in [-0.15, -0.1) is 5.10 Å². The number of aromatic amines is 1.